The summed E-state index contributed by atoms with van der Waals surface area (Å²) in [7, 11) is 0. The Kier molecular flexibility index (Phi) is 2.68. The molecule has 0 bridgehead atoms. The van der Waals surface area contributed by atoms with Crippen molar-refractivity contribution in [3.05, 3.63) is 29.8 Å². The Morgan fingerprint density at radius 3 is 2.87 bits per heavy atom. The van der Waals surface area contributed by atoms with Crippen molar-refractivity contribution in [3.8, 4) is 11.4 Å². The normalized spacial score (nSPS) is 10.9. The first-order chi connectivity index (χ1) is 7.20. The van der Waals surface area contributed by atoms with Gasteiger partial charge < -0.3 is 0 Å². The molecule has 15 heavy (non-hydrogen) atoms. The molecule has 0 amide bonds. The van der Waals surface area contributed by atoms with Gasteiger partial charge in [-0.2, -0.15) is 5.10 Å². The van der Waals surface area contributed by atoms with Crippen LogP contribution in [-0.4, -0.2) is 19.7 Å². The Morgan fingerprint density at radius 2 is 2.20 bits per heavy atom. The van der Waals surface area contributed by atoms with Gasteiger partial charge >= 0.3 is 0 Å². The summed E-state index contributed by atoms with van der Waals surface area (Å²) in [6.45, 7) is 4.10. The SMILES string of the molecule is CC(C)n1ncnc1-c1ccncc1Cl. The smallest absolute Gasteiger partial charge is 0.159 e. The summed E-state index contributed by atoms with van der Waals surface area (Å²) >= 11 is 6.05. The molecule has 2 rings (SSSR count). The second kappa shape index (κ2) is 3.98. The predicted molar refractivity (Wildman–Crippen MR) is 58.6 cm³/mol. The van der Waals surface area contributed by atoms with E-state index < -0.39 is 0 Å². The van der Waals surface area contributed by atoms with Crippen molar-refractivity contribution in [2.24, 2.45) is 0 Å². The van der Waals surface area contributed by atoms with Crippen LogP contribution in [0.3, 0.4) is 0 Å². The summed E-state index contributed by atoms with van der Waals surface area (Å²) < 4.78 is 1.83. The number of hydrogen-bond acceptors (Lipinski definition) is 3. The van der Waals surface area contributed by atoms with Gasteiger partial charge in [0.1, 0.15) is 6.33 Å². The number of nitrogens with zero attached hydrogens (tertiary/aromatic N) is 4. The summed E-state index contributed by atoms with van der Waals surface area (Å²) in [6.07, 6.45) is 4.84. The molecule has 0 unspecified atom stereocenters. The molecule has 0 aliphatic heterocycles. The molecular formula is C10H11ClN4. The molecule has 78 valence electrons. The number of hydrogen-bond donors (Lipinski definition) is 0. The topological polar surface area (TPSA) is 43.6 Å². The van der Waals surface area contributed by atoms with Crippen LogP contribution in [0, 0.1) is 0 Å². The molecule has 0 radical (unpaired) electrons. The molecule has 0 saturated heterocycles. The molecule has 0 spiro atoms. The molecule has 0 saturated carbocycles. The van der Waals surface area contributed by atoms with E-state index in [1.807, 2.05) is 24.6 Å². The molecule has 0 N–H and O–H groups in total. The number of aromatic nitrogens is 4. The fraction of sp³-hybridized carbons (Fsp3) is 0.300. The minimum atomic E-state index is 0.256. The highest BCUT2D eigenvalue weighted by Gasteiger charge is 2.12. The first-order valence-corrected chi connectivity index (χ1v) is 5.07. The molecule has 2 aromatic rings. The van der Waals surface area contributed by atoms with Gasteiger partial charge in [0.05, 0.1) is 5.02 Å². The largest absolute Gasteiger partial charge is 0.263 e. The third-order valence-electron chi connectivity index (χ3n) is 2.08. The highest BCUT2D eigenvalue weighted by atomic mass is 35.5. The molecule has 4 nitrogen and oxygen atoms in total. The van der Waals surface area contributed by atoms with E-state index in [4.69, 9.17) is 11.6 Å². The first-order valence-electron chi connectivity index (χ1n) is 4.69. The van der Waals surface area contributed by atoms with Gasteiger partial charge in [-0.15, -0.1) is 0 Å². The zero-order valence-electron chi connectivity index (χ0n) is 8.55. The van der Waals surface area contributed by atoms with Gasteiger partial charge in [-0.1, -0.05) is 11.6 Å². The van der Waals surface area contributed by atoms with Crippen molar-refractivity contribution in [2.45, 2.75) is 19.9 Å². The van der Waals surface area contributed by atoms with Crippen LogP contribution in [0.5, 0.6) is 0 Å². The van der Waals surface area contributed by atoms with Gasteiger partial charge in [0, 0.05) is 24.0 Å². The molecule has 2 heterocycles. The number of halogens is 1. The van der Waals surface area contributed by atoms with Crippen molar-refractivity contribution in [2.75, 3.05) is 0 Å². The van der Waals surface area contributed by atoms with E-state index in [0.717, 1.165) is 11.4 Å². The van der Waals surface area contributed by atoms with Crippen LogP contribution >= 0.6 is 11.6 Å². The highest BCUT2D eigenvalue weighted by molar-refractivity contribution is 6.33. The van der Waals surface area contributed by atoms with Gasteiger partial charge in [0.2, 0.25) is 0 Å². The molecule has 2 aromatic heterocycles. The van der Waals surface area contributed by atoms with Gasteiger partial charge in [-0.05, 0) is 19.9 Å². The summed E-state index contributed by atoms with van der Waals surface area (Å²) in [5, 5.41) is 4.75. The third-order valence-corrected chi connectivity index (χ3v) is 2.38. The van der Waals surface area contributed by atoms with Crippen molar-refractivity contribution in [1.29, 1.82) is 0 Å². The maximum atomic E-state index is 6.05. The molecule has 0 atom stereocenters. The molecule has 0 aliphatic carbocycles. The lowest BCUT2D eigenvalue weighted by Crippen LogP contribution is -2.05. The van der Waals surface area contributed by atoms with Crippen molar-refractivity contribution in [3.63, 3.8) is 0 Å². The predicted octanol–water partition coefficient (Wildman–Crippen LogP) is 2.57. The Morgan fingerprint density at radius 1 is 1.40 bits per heavy atom. The second-order valence-electron chi connectivity index (χ2n) is 3.48. The van der Waals surface area contributed by atoms with Crippen LogP contribution in [0.15, 0.2) is 24.8 Å². The van der Waals surface area contributed by atoms with Crippen LogP contribution in [0.2, 0.25) is 5.02 Å². The van der Waals surface area contributed by atoms with Crippen molar-refractivity contribution < 1.29 is 0 Å². The van der Waals surface area contributed by atoms with E-state index in [1.165, 1.54) is 6.33 Å². The van der Waals surface area contributed by atoms with Crippen LogP contribution < -0.4 is 0 Å². The zero-order chi connectivity index (χ0) is 10.8. The highest BCUT2D eigenvalue weighted by Crippen LogP contribution is 2.25. The molecular weight excluding hydrogens is 212 g/mol. The minimum absolute atomic E-state index is 0.256. The lowest BCUT2D eigenvalue weighted by molar-refractivity contribution is 0.537. The van der Waals surface area contributed by atoms with Crippen LogP contribution in [-0.2, 0) is 0 Å². The van der Waals surface area contributed by atoms with Gasteiger partial charge in [-0.25, -0.2) is 9.67 Å². The standard InChI is InChI=1S/C10H11ClN4/c1-7(2)15-10(13-6-14-15)8-3-4-12-5-9(8)11/h3-7H,1-2H3. The molecule has 5 heteroatoms. The van der Waals surface area contributed by atoms with E-state index in [0.29, 0.717) is 5.02 Å². The summed E-state index contributed by atoms with van der Waals surface area (Å²) in [4.78, 5) is 8.15. The van der Waals surface area contributed by atoms with E-state index in [-0.39, 0.29) is 6.04 Å². The number of pyridine rings is 1. The van der Waals surface area contributed by atoms with Crippen LogP contribution in [0.25, 0.3) is 11.4 Å². The van der Waals surface area contributed by atoms with E-state index in [9.17, 15) is 0 Å². The monoisotopic (exact) mass is 222 g/mol. The van der Waals surface area contributed by atoms with E-state index >= 15 is 0 Å². The van der Waals surface area contributed by atoms with Crippen LogP contribution in [0.4, 0.5) is 0 Å². The zero-order valence-corrected chi connectivity index (χ0v) is 9.31. The number of rotatable bonds is 2. The van der Waals surface area contributed by atoms with Crippen molar-refractivity contribution >= 4 is 11.6 Å². The van der Waals surface area contributed by atoms with E-state index in [1.54, 1.807) is 12.4 Å². The first kappa shape index (κ1) is 10.1. The van der Waals surface area contributed by atoms with E-state index in [2.05, 4.69) is 15.1 Å². The molecule has 0 aromatic carbocycles. The Balaban J connectivity index is 2.55. The third kappa shape index (κ3) is 1.85. The minimum Gasteiger partial charge on any atom is -0.263 e. The molecule has 0 fully saturated rings. The average Bonchev–Trinajstić information content (AvgIpc) is 2.67. The second-order valence-corrected chi connectivity index (χ2v) is 3.88. The summed E-state index contributed by atoms with van der Waals surface area (Å²) in [5.41, 5.74) is 0.859. The van der Waals surface area contributed by atoms with Gasteiger partial charge in [-0.3, -0.25) is 4.98 Å². The fourth-order valence-electron chi connectivity index (χ4n) is 1.38. The average molecular weight is 223 g/mol. The maximum Gasteiger partial charge on any atom is 0.159 e. The quantitative estimate of drug-likeness (QED) is 0.785. The molecule has 0 aliphatic rings. The summed E-state index contributed by atoms with van der Waals surface area (Å²) in [5.74, 6) is 0.775. The fourth-order valence-corrected chi connectivity index (χ4v) is 1.58. The van der Waals surface area contributed by atoms with Crippen LogP contribution in [0.1, 0.15) is 19.9 Å². The summed E-state index contributed by atoms with van der Waals surface area (Å²) in [6, 6.07) is 2.09. The lowest BCUT2D eigenvalue weighted by Gasteiger charge is -2.09. The lowest BCUT2D eigenvalue weighted by atomic mass is 10.2. The Labute approximate surface area is 92.9 Å². The van der Waals surface area contributed by atoms with Crippen molar-refractivity contribution in [1.82, 2.24) is 19.7 Å². The Bertz CT molecular complexity index is 464. The Hall–Kier alpha value is -1.42. The maximum absolute atomic E-state index is 6.05. The van der Waals surface area contributed by atoms with Gasteiger partial charge in [0.25, 0.3) is 0 Å². The van der Waals surface area contributed by atoms with Gasteiger partial charge in [0.15, 0.2) is 5.82 Å².